The number of benzene rings is 3. The van der Waals surface area contributed by atoms with E-state index in [2.05, 4.69) is 164 Å². The molecule has 3 aromatic heterocycles. The van der Waals surface area contributed by atoms with Crippen molar-refractivity contribution in [2.45, 2.75) is 114 Å². The summed E-state index contributed by atoms with van der Waals surface area (Å²) < 4.78 is 11.3. The molecule has 0 spiro atoms. The van der Waals surface area contributed by atoms with Gasteiger partial charge >= 0.3 is 0 Å². The molecule has 0 N–H and O–H groups in total. The Balaban J connectivity index is 1.31. The molecule has 5 heteroatoms. The number of pyridine rings is 1. The van der Waals surface area contributed by atoms with E-state index >= 15 is 0 Å². The molecule has 3 aromatic carbocycles. The average Bonchev–Trinajstić information content (AvgIpc) is 3.65. The van der Waals surface area contributed by atoms with Crippen LogP contribution in [0.4, 0.5) is 0 Å². The van der Waals surface area contributed by atoms with Gasteiger partial charge in [-0.1, -0.05) is 98.6 Å². The second-order valence-electron chi connectivity index (χ2n) is 17.5. The maximum atomic E-state index is 6.84. The zero-order valence-corrected chi connectivity index (χ0v) is 35.1. The fraction of sp³-hybridized carbons (Fsp3) is 0.440. The Hall–Kier alpha value is -4.64. The molecule has 7 rings (SSSR count). The Labute approximate surface area is 329 Å². The summed E-state index contributed by atoms with van der Waals surface area (Å²) in [6.45, 7) is 25.6. The predicted octanol–water partition coefficient (Wildman–Crippen LogP) is 13.9. The van der Waals surface area contributed by atoms with Gasteiger partial charge in [0.2, 0.25) is 0 Å². The lowest BCUT2D eigenvalue weighted by atomic mass is 9.63. The highest BCUT2D eigenvalue weighted by molar-refractivity contribution is 6.09. The third kappa shape index (κ3) is 7.52. The molecule has 0 aliphatic heterocycles. The van der Waals surface area contributed by atoms with Crippen molar-refractivity contribution in [1.29, 1.82) is 0 Å². The molecule has 0 saturated heterocycles. The molecule has 6 aromatic rings. The van der Waals surface area contributed by atoms with Gasteiger partial charge in [0, 0.05) is 46.3 Å². The molecular weight excluding hydrogens is 673 g/mol. The normalized spacial score (nSPS) is 17.7. The van der Waals surface area contributed by atoms with E-state index in [1.54, 1.807) is 5.57 Å². The number of unbranched alkanes of at least 4 members (excludes halogenated alkanes) is 1. The number of fused-ring (bicyclic) bond motifs is 3. The van der Waals surface area contributed by atoms with Crippen LogP contribution in [0.3, 0.4) is 0 Å². The lowest BCUT2D eigenvalue weighted by Gasteiger charge is -2.41. The highest BCUT2D eigenvalue weighted by Gasteiger charge is 2.39. The summed E-state index contributed by atoms with van der Waals surface area (Å²) in [5.41, 5.74) is 11.2. The van der Waals surface area contributed by atoms with Crippen LogP contribution in [0, 0.1) is 43.4 Å². The Bertz CT molecular complexity index is 2330. The lowest BCUT2D eigenvalue weighted by molar-refractivity contribution is 0.232. The van der Waals surface area contributed by atoms with Gasteiger partial charge < -0.3 is 4.74 Å². The summed E-state index contributed by atoms with van der Waals surface area (Å²) in [5.74, 6) is 6.14. The second-order valence-corrected chi connectivity index (χ2v) is 17.5. The zero-order chi connectivity index (χ0) is 39.1. The summed E-state index contributed by atoms with van der Waals surface area (Å²) in [7, 11) is 0. The molecule has 5 nitrogen and oxygen atoms in total. The first-order chi connectivity index (χ1) is 26.4. The van der Waals surface area contributed by atoms with Gasteiger partial charge in [0.25, 0.3) is 0 Å². The molecule has 55 heavy (non-hydrogen) atoms. The maximum absolute atomic E-state index is 6.84. The molecule has 0 radical (unpaired) electrons. The summed E-state index contributed by atoms with van der Waals surface area (Å²) in [6, 6.07) is 26.2. The number of rotatable bonds is 12. The molecule has 3 atom stereocenters. The van der Waals surface area contributed by atoms with Gasteiger partial charge in [-0.15, -0.1) is 0 Å². The van der Waals surface area contributed by atoms with Crippen molar-refractivity contribution in [2.75, 3.05) is 0 Å². The van der Waals surface area contributed by atoms with E-state index in [4.69, 9.17) is 14.8 Å². The molecular formula is C50H62N4O. The second kappa shape index (κ2) is 15.8. The zero-order valence-electron chi connectivity index (χ0n) is 35.1. The first-order valence-electron chi connectivity index (χ1n) is 21.0. The summed E-state index contributed by atoms with van der Waals surface area (Å²) >= 11 is 0. The van der Waals surface area contributed by atoms with Gasteiger partial charge in [-0.2, -0.15) is 5.10 Å². The number of para-hydroxylation sites is 1. The van der Waals surface area contributed by atoms with Gasteiger partial charge in [0.1, 0.15) is 17.3 Å². The van der Waals surface area contributed by atoms with Crippen molar-refractivity contribution >= 4 is 21.8 Å². The van der Waals surface area contributed by atoms with Crippen LogP contribution in [-0.4, -0.2) is 19.3 Å². The van der Waals surface area contributed by atoms with Gasteiger partial charge in [0.05, 0.1) is 22.4 Å². The highest BCUT2D eigenvalue weighted by atomic mass is 16.5. The van der Waals surface area contributed by atoms with Gasteiger partial charge in [-0.25, -0.2) is 9.67 Å². The van der Waals surface area contributed by atoms with E-state index in [0.29, 0.717) is 41.4 Å². The number of aryl methyl sites for hydroxylation is 2. The van der Waals surface area contributed by atoms with Gasteiger partial charge in [-0.3, -0.25) is 4.57 Å². The Morgan fingerprint density at radius 2 is 1.55 bits per heavy atom. The number of hydrogen-bond donors (Lipinski definition) is 0. The monoisotopic (exact) mass is 734 g/mol. The molecule has 0 fully saturated rings. The third-order valence-corrected chi connectivity index (χ3v) is 12.3. The Morgan fingerprint density at radius 3 is 2.25 bits per heavy atom. The smallest absolute Gasteiger partial charge is 0.137 e. The van der Waals surface area contributed by atoms with Crippen molar-refractivity contribution in [3.8, 4) is 23.0 Å². The third-order valence-electron chi connectivity index (χ3n) is 12.3. The molecule has 1 aliphatic carbocycles. The first-order valence-corrected chi connectivity index (χ1v) is 21.0. The fourth-order valence-electron chi connectivity index (χ4n) is 9.16. The van der Waals surface area contributed by atoms with E-state index in [-0.39, 0.29) is 0 Å². The van der Waals surface area contributed by atoms with Crippen LogP contribution in [0.2, 0.25) is 0 Å². The van der Waals surface area contributed by atoms with E-state index in [9.17, 15) is 0 Å². The molecule has 1 unspecified atom stereocenters. The van der Waals surface area contributed by atoms with Crippen molar-refractivity contribution in [3.63, 3.8) is 0 Å². The summed E-state index contributed by atoms with van der Waals surface area (Å²) in [6.07, 6.45) is 9.20. The average molecular weight is 735 g/mol. The topological polar surface area (TPSA) is 44.9 Å². The Kier molecular flexibility index (Phi) is 11.1. The number of allylic oxidation sites excluding steroid dienone is 2. The molecule has 0 saturated carbocycles. The van der Waals surface area contributed by atoms with Crippen LogP contribution in [0.5, 0.6) is 11.5 Å². The molecule has 0 amide bonds. The van der Waals surface area contributed by atoms with E-state index in [0.717, 1.165) is 46.2 Å². The molecule has 1 aliphatic rings. The van der Waals surface area contributed by atoms with Crippen molar-refractivity contribution in [1.82, 2.24) is 19.3 Å². The summed E-state index contributed by atoms with van der Waals surface area (Å²) in [5, 5.41) is 7.70. The van der Waals surface area contributed by atoms with E-state index in [1.165, 1.54) is 52.4 Å². The van der Waals surface area contributed by atoms with Crippen LogP contribution in [0.25, 0.3) is 33.3 Å². The minimum atomic E-state index is 0.321. The van der Waals surface area contributed by atoms with Gasteiger partial charge in [-0.05, 0) is 122 Å². The van der Waals surface area contributed by atoms with Crippen molar-refractivity contribution in [2.24, 2.45) is 29.6 Å². The van der Waals surface area contributed by atoms with Crippen LogP contribution in [-0.2, 0) is 6.42 Å². The Morgan fingerprint density at radius 1 is 0.782 bits per heavy atom. The molecule has 3 heterocycles. The SMILES string of the molecule is CCCCc1ccnc(-n2c3ccccc3c3ccc(Oc4cc(C(C)C)cc(-n5nc(C)c(C6C(C(C)C)=C[C@H](C(C)C)C[C@@H]6C(C)C)c5C)c4)cc32)c1. The van der Waals surface area contributed by atoms with E-state index in [1.807, 2.05) is 6.20 Å². The number of nitrogens with zero attached hydrogens (tertiary/aromatic N) is 4. The minimum Gasteiger partial charge on any atom is -0.457 e. The van der Waals surface area contributed by atoms with Gasteiger partial charge in [0.15, 0.2) is 0 Å². The largest absolute Gasteiger partial charge is 0.457 e. The van der Waals surface area contributed by atoms with E-state index < -0.39 is 0 Å². The lowest BCUT2D eigenvalue weighted by Crippen LogP contribution is -2.31. The van der Waals surface area contributed by atoms with Crippen LogP contribution < -0.4 is 4.74 Å². The van der Waals surface area contributed by atoms with Crippen LogP contribution >= 0.6 is 0 Å². The van der Waals surface area contributed by atoms with Crippen molar-refractivity contribution < 1.29 is 4.74 Å². The standard InChI is InChI=1S/C50H62N4O/c1-12-13-16-36-21-22-51-48(23-36)53-46-18-15-14-17-42(46)43-20-19-40(29-47(43)53)55-41-25-37(30(2)3)24-39(28-41)54-35(11)49(34(10)52-54)50-44(32(6)7)26-38(31(4)5)27-45(50)33(8)9/h14-15,17-26,28-33,38,45,50H,12-13,16,27H2,1-11H3/t38-,45+,50?/m0/s1. The van der Waals surface area contributed by atoms with Crippen LogP contribution in [0.15, 0.2) is 90.6 Å². The first kappa shape index (κ1) is 38.6. The number of ether oxygens (including phenoxy) is 1. The van der Waals surface area contributed by atoms with Crippen molar-refractivity contribution in [3.05, 3.63) is 119 Å². The minimum absolute atomic E-state index is 0.321. The number of aromatic nitrogens is 4. The number of hydrogen-bond acceptors (Lipinski definition) is 3. The predicted molar refractivity (Wildman–Crippen MR) is 231 cm³/mol. The van der Waals surface area contributed by atoms with Crippen LogP contribution in [0.1, 0.15) is 121 Å². The molecule has 288 valence electrons. The highest BCUT2D eigenvalue weighted by Crippen LogP contribution is 2.50. The summed E-state index contributed by atoms with van der Waals surface area (Å²) in [4.78, 5) is 4.88. The quantitative estimate of drug-likeness (QED) is 0.118. The fourth-order valence-corrected chi connectivity index (χ4v) is 9.16. The maximum Gasteiger partial charge on any atom is 0.137 e. The molecule has 0 bridgehead atoms.